The summed E-state index contributed by atoms with van der Waals surface area (Å²) >= 11 is 1.60. The van der Waals surface area contributed by atoms with Gasteiger partial charge in [-0.15, -0.1) is 11.3 Å². The van der Waals surface area contributed by atoms with Gasteiger partial charge in [0.05, 0.1) is 15.5 Å². The molecule has 1 aliphatic heterocycles. The summed E-state index contributed by atoms with van der Waals surface area (Å²) in [6.45, 7) is 7.45. The van der Waals surface area contributed by atoms with Gasteiger partial charge in [0.15, 0.2) is 0 Å². The zero-order valence-electron chi connectivity index (χ0n) is 23.2. The molecule has 0 amide bonds. The fraction of sp³-hybridized carbons (Fsp3) is 0.355. The van der Waals surface area contributed by atoms with E-state index in [-0.39, 0.29) is 4.90 Å². The number of nitrogens with zero attached hydrogens (tertiary/aromatic N) is 3. The van der Waals surface area contributed by atoms with Gasteiger partial charge in [-0.25, -0.2) is 23.5 Å². The number of thiophene rings is 1. The van der Waals surface area contributed by atoms with Crippen LogP contribution in [0.3, 0.4) is 0 Å². The maximum Gasteiger partial charge on any atom is 0.238 e. The summed E-state index contributed by atoms with van der Waals surface area (Å²) in [6, 6.07) is 17.9. The molecule has 0 bridgehead atoms. The molecule has 1 saturated heterocycles. The molecule has 210 valence electrons. The number of nitrogens with one attached hydrogen (secondary N) is 1. The van der Waals surface area contributed by atoms with Gasteiger partial charge in [-0.3, -0.25) is 4.90 Å². The highest BCUT2D eigenvalue weighted by Crippen LogP contribution is 2.38. The molecule has 1 aliphatic rings. The average Bonchev–Trinajstić information content (AvgIpc) is 3.44. The molecule has 9 heteroatoms. The molecule has 5 rings (SSSR count). The van der Waals surface area contributed by atoms with Crippen molar-refractivity contribution < 1.29 is 8.42 Å². The van der Waals surface area contributed by atoms with Crippen LogP contribution in [0, 0.1) is 6.92 Å². The van der Waals surface area contributed by atoms with E-state index >= 15 is 0 Å². The van der Waals surface area contributed by atoms with Crippen molar-refractivity contribution in [3.05, 3.63) is 77.5 Å². The van der Waals surface area contributed by atoms with Crippen LogP contribution in [0.5, 0.6) is 0 Å². The first kappa shape index (κ1) is 28.4. The van der Waals surface area contributed by atoms with Crippen molar-refractivity contribution in [2.75, 3.05) is 18.4 Å². The fourth-order valence-corrected chi connectivity index (χ4v) is 7.17. The molecular formula is C31H37N5O2S2. The molecule has 2 aromatic carbocycles. The number of likely N-dealkylation sites (tertiary alicyclic amines) is 1. The monoisotopic (exact) mass is 575 g/mol. The number of hydrogen-bond donors (Lipinski definition) is 2. The Morgan fingerprint density at radius 3 is 2.48 bits per heavy atom. The number of aryl methyl sites for hydroxylation is 1. The van der Waals surface area contributed by atoms with E-state index in [1.807, 2.05) is 31.3 Å². The van der Waals surface area contributed by atoms with Gasteiger partial charge in [0.25, 0.3) is 0 Å². The number of aromatic nitrogens is 2. The molecule has 0 radical (unpaired) electrons. The summed E-state index contributed by atoms with van der Waals surface area (Å²) < 4.78 is 24.6. The minimum absolute atomic E-state index is 0.208. The van der Waals surface area contributed by atoms with E-state index in [0.29, 0.717) is 12.4 Å². The summed E-state index contributed by atoms with van der Waals surface area (Å²) in [4.78, 5) is 14.1. The van der Waals surface area contributed by atoms with Crippen LogP contribution in [0.4, 0.5) is 11.6 Å². The van der Waals surface area contributed by atoms with Crippen LogP contribution in [0.25, 0.3) is 21.0 Å². The van der Waals surface area contributed by atoms with Crippen LogP contribution >= 0.6 is 11.3 Å². The molecule has 3 N–H and O–H groups in total. The fourth-order valence-electron chi connectivity index (χ4n) is 5.23. The van der Waals surface area contributed by atoms with E-state index < -0.39 is 10.0 Å². The highest BCUT2D eigenvalue weighted by molar-refractivity contribution is 7.89. The highest BCUT2D eigenvalue weighted by atomic mass is 32.2. The lowest BCUT2D eigenvalue weighted by molar-refractivity contribution is 0.221. The number of rotatable bonds is 10. The summed E-state index contributed by atoms with van der Waals surface area (Å²) in [5.41, 5.74) is 5.78. The number of benzene rings is 2. The summed E-state index contributed by atoms with van der Waals surface area (Å²) in [6.07, 6.45) is 8.27. The predicted octanol–water partition coefficient (Wildman–Crippen LogP) is 6.90. The van der Waals surface area contributed by atoms with Crippen LogP contribution in [0.1, 0.15) is 55.7 Å². The van der Waals surface area contributed by atoms with E-state index in [9.17, 15) is 8.42 Å². The largest absolute Gasteiger partial charge is 0.324 e. The van der Waals surface area contributed by atoms with Crippen molar-refractivity contribution in [2.45, 2.75) is 63.8 Å². The van der Waals surface area contributed by atoms with Crippen LogP contribution in [0.15, 0.2) is 65.7 Å². The van der Waals surface area contributed by atoms with E-state index in [4.69, 9.17) is 10.1 Å². The van der Waals surface area contributed by atoms with Crippen LogP contribution in [0.2, 0.25) is 0 Å². The first-order valence-corrected chi connectivity index (χ1v) is 16.4. The molecule has 0 aliphatic carbocycles. The Kier molecular flexibility index (Phi) is 8.95. The van der Waals surface area contributed by atoms with Gasteiger partial charge in [0, 0.05) is 23.3 Å². The molecule has 0 saturated carbocycles. The number of unbranched alkanes of at least 4 members (excludes halogenated alkanes) is 1. The van der Waals surface area contributed by atoms with Gasteiger partial charge in [-0.1, -0.05) is 44.0 Å². The molecular weight excluding hydrogens is 539 g/mol. The van der Waals surface area contributed by atoms with E-state index in [0.717, 1.165) is 57.2 Å². The van der Waals surface area contributed by atoms with Crippen molar-refractivity contribution in [2.24, 2.45) is 5.14 Å². The maximum absolute atomic E-state index is 12.3. The predicted molar refractivity (Wildman–Crippen MR) is 164 cm³/mol. The van der Waals surface area contributed by atoms with Crippen molar-refractivity contribution in [3.8, 4) is 21.0 Å². The lowest BCUT2D eigenvalue weighted by Crippen LogP contribution is -2.29. The van der Waals surface area contributed by atoms with E-state index in [2.05, 4.69) is 46.4 Å². The lowest BCUT2D eigenvalue weighted by Gasteiger charge is -2.26. The van der Waals surface area contributed by atoms with Crippen LogP contribution < -0.4 is 10.5 Å². The Morgan fingerprint density at radius 2 is 1.75 bits per heavy atom. The first-order valence-electron chi connectivity index (χ1n) is 14.0. The minimum Gasteiger partial charge on any atom is -0.324 e. The zero-order valence-corrected chi connectivity index (χ0v) is 24.8. The molecule has 7 nitrogen and oxygen atoms in total. The van der Waals surface area contributed by atoms with Crippen molar-refractivity contribution in [3.63, 3.8) is 0 Å². The molecule has 1 fully saturated rings. The number of nitrogens with two attached hydrogens (primary N) is 1. The Morgan fingerprint density at radius 1 is 1.00 bits per heavy atom. The van der Waals surface area contributed by atoms with E-state index in [1.165, 1.54) is 37.9 Å². The SMILES string of the molecule is CCCCc1c(-c2ccc(-c3nc(Nc4ccc(CN5CCCCC5)cc4)ncc3C)s2)cccc1S(N)(=O)=O. The Hall–Kier alpha value is -3.11. The molecule has 4 aromatic rings. The number of piperidine rings is 1. The number of primary sulfonamides is 1. The normalized spacial score (nSPS) is 14.4. The second kappa shape index (κ2) is 12.6. The third kappa shape index (κ3) is 6.78. The first-order chi connectivity index (χ1) is 19.3. The summed E-state index contributed by atoms with van der Waals surface area (Å²) in [5, 5.41) is 8.93. The van der Waals surface area contributed by atoms with Crippen molar-refractivity contribution in [1.82, 2.24) is 14.9 Å². The molecule has 2 aromatic heterocycles. The van der Waals surface area contributed by atoms with Crippen LogP contribution in [-0.4, -0.2) is 36.4 Å². The van der Waals surface area contributed by atoms with Crippen molar-refractivity contribution in [1.29, 1.82) is 0 Å². The summed E-state index contributed by atoms with van der Waals surface area (Å²) in [7, 11) is -3.82. The Bertz CT molecular complexity index is 1560. The molecule has 0 spiro atoms. The molecule has 0 atom stereocenters. The standard InChI is InChI=1S/C31H37N5O2S2/c1-3-4-9-26-25(10-8-11-29(26)40(32,37)38)27-16-17-28(39-27)30-22(2)20-33-31(35-30)34-24-14-12-23(13-15-24)21-36-18-6-5-7-19-36/h8,10-17,20H,3-7,9,18-19,21H2,1-2H3,(H2,32,37,38)(H,33,34,35). The van der Waals surface area contributed by atoms with E-state index in [1.54, 1.807) is 23.5 Å². The molecule has 40 heavy (non-hydrogen) atoms. The summed E-state index contributed by atoms with van der Waals surface area (Å²) in [5.74, 6) is 0.541. The number of anilines is 2. The number of sulfonamides is 1. The lowest BCUT2D eigenvalue weighted by atomic mass is 10.0. The third-order valence-corrected chi connectivity index (χ3v) is 9.48. The Balaban J connectivity index is 1.37. The topological polar surface area (TPSA) is 101 Å². The quantitative estimate of drug-likeness (QED) is 0.213. The van der Waals surface area contributed by atoms with Gasteiger partial charge in [0.2, 0.25) is 16.0 Å². The second-order valence-electron chi connectivity index (χ2n) is 10.5. The average molecular weight is 576 g/mol. The Labute approximate surface area is 241 Å². The highest BCUT2D eigenvalue weighted by Gasteiger charge is 2.19. The third-order valence-electron chi connectivity index (χ3n) is 7.36. The minimum atomic E-state index is -3.82. The molecule has 0 unspecified atom stereocenters. The van der Waals surface area contributed by atoms with Gasteiger partial charge in [0.1, 0.15) is 0 Å². The van der Waals surface area contributed by atoms with Crippen molar-refractivity contribution >= 4 is 33.0 Å². The van der Waals surface area contributed by atoms with Gasteiger partial charge >= 0.3 is 0 Å². The van der Waals surface area contributed by atoms with Crippen LogP contribution in [-0.2, 0) is 23.0 Å². The van der Waals surface area contributed by atoms with Gasteiger partial charge < -0.3 is 5.32 Å². The number of hydrogen-bond acceptors (Lipinski definition) is 7. The molecule has 3 heterocycles. The maximum atomic E-state index is 12.3. The van der Waals surface area contributed by atoms with Gasteiger partial charge in [-0.05, 0) is 98.3 Å². The smallest absolute Gasteiger partial charge is 0.238 e. The second-order valence-corrected chi connectivity index (χ2v) is 13.1. The van der Waals surface area contributed by atoms with Gasteiger partial charge in [-0.2, -0.15) is 0 Å². The zero-order chi connectivity index (χ0) is 28.1.